The summed E-state index contributed by atoms with van der Waals surface area (Å²) in [5, 5.41) is 0. The summed E-state index contributed by atoms with van der Waals surface area (Å²) in [6, 6.07) is 8.16. The van der Waals surface area contributed by atoms with Crippen LogP contribution in [0.5, 0.6) is 5.75 Å². The van der Waals surface area contributed by atoms with Crippen LogP contribution in [0.3, 0.4) is 0 Å². The third-order valence-corrected chi connectivity index (χ3v) is 2.06. The minimum Gasteiger partial charge on any atom is -0.493 e. The number of rotatable bonds is 0. The zero-order valence-corrected chi connectivity index (χ0v) is 7.50. The summed E-state index contributed by atoms with van der Waals surface area (Å²) < 4.78 is 5.61. The Balaban J connectivity index is 2.35. The number of fused-ring (bicyclic) bond motifs is 1. The van der Waals surface area contributed by atoms with Crippen molar-refractivity contribution in [3.05, 3.63) is 36.2 Å². The molecule has 2 rings (SSSR count). The average Bonchev–Trinajstić information content (AvgIpc) is 2.02. The maximum atomic E-state index is 5.61. The summed E-state index contributed by atoms with van der Waals surface area (Å²) >= 11 is 0. The van der Waals surface area contributed by atoms with E-state index in [1.165, 1.54) is 5.56 Å². The van der Waals surface area contributed by atoms with Gasteiger partial charge in [-0.25, -0.2) is 0 Å². The van der Waals surface area contributed by atoms with E-state index in [1.807, 2.05) is 18.2 Å². The molecule has 0 amide bonds. The molecule has 0 N–H and O–H groups in total. The van der Waals surface area contributed by atoms with E-state index in [2.05, 4.69) is 26.3 Å². The fourth-order valence-corrected chi connectivity index (χ4v) is 1.46. The highest BCUT2D eigenvalue weighted by atomic mass is 16.5. The molecular formula is C11H13O. The van der Waals surface area contributed by atoms with Gasteiger partial charge in [0.15, 0.2) is 0 Å². The van der Waals surface area contributed by atoms with Gasteiger partial charge >= 0.3 is 0 Å². The average molecular weight is 161 g/mol. The molecule has 1 aliphatic rings. The predicted molar refractivity (Wildman–Crippen MR) is 49.1 cm³/mol. The Bertz CT molecular complexity index is 289. The lowest BCUT2D eigenvalue weighted by Crippen LogP contribution is -2.26. The maximum Gasteiger partial charge on any atom is 0.122 e. The Morgan fingerprint density at radius 3 is 2.83 bits per heavy atom. The number of hydrogen-bond donors (Lipinski definition) is 0. The van der Waals surface area contributed by atoms with Gasteiger partial charge in [-0.2, -0.15) is 0 Å². The van der Waals surface area contributed by atoms with Crippen molar-refractivity contribution in [2.24, 2.45) is 5.41 Å². The highest BCUT2D eigenvalue weighted by Crippen LogP contribution is 2.35. The van der Waals surface area contributed by atoms with Gasteiger partial charge in [-0.1, -0.05) is 32.0 Å². The number of hydrogen-bond acceptors (Lipinski definition) is 1. The zero-order valence-electron chi connectivity index (χ0n) is 7.50. The Hall–Kier alpha value is -0.980. The van der Waals surface area contributed by atoms with Gasteiger partial charge in [0.25, 0.3) is 0 Å². The summed E-state index contributed by atoms with van der Waals surface area (Å²) in [6.45, 7) is 5.15. The van der Waals surface area contributed by atoms with Crippen LogP contribution in [0.4, 0.5) is 0 Å². The number of para-hydroxylation sites is 1. The topological polar surface area (TPSA) is 9.23 Å². The van der Waals surface area contributed by atoms with E-state index >= 15 is 0 Å². The molecule has 1 aromatic carbocycles. The second-order valence-electron chi connectivity index (χ2n) is 3.96. The molecule has 63 valence electrons. The van der Waals surface area contributed by atoms with Crippen molar-refractivity contribution in [2.45, 2.75) is 13.8 Å². The van der Waals surface area contributed by atoms with Crippen molar-refractivity contribution >= 4 is 0 Å². The number of benzene rings is 1. The van der Waals surface area contributed by atoms with Crippen LogP contribution >= 0.6 is 0 Å². The molecule has 1 heteroatoms. The van der Waals surface area contributed by atoms with Crippen LogP contribution in [0, 0.1) is 11.8 Å². The monoisotopic (exact) mass is 161 g/mol. The maximum absolute atomic E-state index is 5.61. The molecule has 1 aromatic rings. The molecule has 0 atom stereocenters. The summed E-state index contributed by atoms with van der Waals surface area (Å²) in [6.07, 6.45) is 2.27. The van der Waals surface area contributed by atoms with E-state index in [1.54, 1.807) is 0 Å². The smallest absolute Gasteiger partial charge is 0.122 e. The van der Waals surface area contributed by atoms with Crippen molar-refractivity contribution in [3.8, 4) is 5.75 Å². The van der Waals surface area contributed by atoms with E-state index in [0.29, 0.717) is 0 Å². The SMILES string of the molecule is CC1(C)[CH]c2ccccc2OC1. The molecule has 0 bridgehead atoms. The van der Waals surface area contributed by atoms with Gasteiger partial charge in [0.1, 0.15) is 5.75 Å². The first kappa shape index (κ1) is 7.66. The third kappa shape index (κ3) is 1.31. The molecular weight excluding hydrogens is 148 g/mol. The molecule has 1 nitrogen and oxygen atoms in total. The summed E-state index contributed by atoms with van der Waals surface area (Å²) in [4.78, 5) is 0. The van der Waals surface area contributed by atoms with Crippen molar-refractivity contribution in [3.63, 3.8) is 0 Å². The van der Waals surface area contributed by atoms with Crippen LogP contribution in [0.1, 0.15) is 19.4 Å². The standard InChI is InChI=1S/C11H13O/c1-11(2)7-9-5-3-4-6-10(9)12-8-11/h3-7H,8H2,1-2H3. The van der Waals surface area contributed by atoms with Gasteiger partial charge in [-0.15, -0.1) is 0 Å². The van der Waals surface area contributed by atoms with Crippen LogP contribution in [0.2, 0.25) is 0 Å². The molecule has 12 heavy (non-hydrogen) atoms. The van der Waals surface area contributed by atoms with Gasteiger partial charge in [0.05, 0.1) is 6.61 Å². The highest BCUT2D eigenvalue weighted by molar-refractivity contribution is 5.41. The first-order valence-electron chi connectivity index (χ1n) is 4.25. The van der Waals surface area contributed by atoms with Gasteiger partial charge in [0.2, 0.25) is 0 Å². The van der Waals surface area contributed by atoms with E-state index in [0.717, 1.165) is 12.4 Å². The van der Waals surface area contributed by atoms with E-state index in [4.69, 9.17) is 4.74 Å². The highest BCUT2D eigenvalue weighted by Gasteiger charge is 2.26. The molecule has 1 heterocycles. The van der Waals surface area contributed by atoms with Crippen LogP contribution < -0.4 is 4.74 Å². The first-order chi connectivity index (χ1) is 5.67. The fourth-order valence-electron chi connectivity index (χ4n) is 1.46. The van der Waals surface area contributed by atoms with Crippen molar-refractivity contribution in [1.29, 1.82) is 0 Å². The molecule has 0 spiro atoms. The Morgan fingerprint density at radius 1 is 1.25 bits per heavy atom. The van der Waals surface area contributed by atoms with E-state index in [-0.39, 0.29) is 5.41 Å². The van der Waals surface area contributed by atoms with Crippen molar-refractivity contribution < 1.29 is 4.74 Å². The molecule has 1 radical (unpaired) electrons. The molecule has 0 fully saturated rings. The quantitative estimate of drug-likeness (QED) is 0.568. The van der Waals surface area contributed by atoms with Gasteiger partial charge in [0, 0.05) is 11.8 Å². The summed E-state index contributed by atoms with van der Waals surface area (Å²) in [7, 11) is 0. The molecule has 0 saturated carbocycles. The Morgan fingerprint density at radius 2 is 2.00 bits per heavy atom. The van der Waals surface area contributed by atoms with Crippen LogP contribution in [0.15, 0.2) is 24.3 Å². The fraction of sp³-hybridized carbons (Fsp3) is 0.364. The molecule has 1 aliphatic heterocycles. The van der Waals surface area contributed by atoms with Gasteiger partial charge < -0.3 is 4.74 Å². The molecule has 0 aromatic heterocycles. The minimum atomic E-state index is 0.175. The zero-order chi connectivity index (χ0) is 8.60. The molecule has 0 unspecified atom stereocenters. The number of ether oxygens (including phenoxy) is 1. The normalized spacial score (nSPS) is 19.5. The molecule has 0 aliphatic carbocycles. The third-order valence-electron chi connectivity index (χ3n) is 2.06. The summed E-state index contributed by atoms with van der Waals surface area (Å²) in [5.74, 6) is 1.01. The lowest BCUT2D eigenvalue weighted by Gasteiger charge is -2.30. The van der Waals surface area contributed by atoms with E-state index < -0.39 is 0 Å². The van der Waals surface area contributed by atoms with Crippen LogP contribution in [-0.4, -0.2) is 6.61 Å². The van der Waals surface area contributed by atoms with Crippen LogP contribution in [0.25, 0.3) is 0 Å². The largest absolute Gasteiger partial charge is 0.493 e. The lowest BCUT2D eigenvalue weighted by atomic mass is 9.84. The Labute approximate surface area is 73.4 Å². The first-order valence-corrected chi connectivity index (χ1v) is 4.25. The Kier molecular flexibility index (Phi) is 1.60. The minimum absolute atomic E-state index is 0.175. The molecule has 0 saturated heterocycles. The predicted octanol–water partition coefficient (Wildman–Crippen LogP) is 2.66. The van der Waals surface area contributed by atoms with Gasteiger partial charge in [-0.05, 0) is 11.6 Å². The van der Waals surface area contributed by atoms with Crippen molar-refractivity contribution in [2.75, 3.05) is 6.61 Å². The second-order valence-corrected chi connectivity index (χ2v) is 3.96. The lowest BCUT2D eigenvalue weighted by molar-refractivity contribution is 0.192. The van der Waals surface area contributed by atoms with Gasteiger partial charge in [-0.3, -0.25) is 0 Å². The van der Waals surface area contributed by atoms with Crippen LogP contribution in [-0.2, 0) is 0 Å². The van der Waals surface area contributed by atoms with Crippen molar-refractivity contribution in [1.82, 2.24) is 0 Å². The summed E-state index contributed by atoms with van der Waals surface area (Å²) in [5.41, 5.74) is 1.39. The van der Waals surface area contributed by atoms with E-state index in [9.17, 15) is 0 Å². The second kappa shape index (κ2) is 2.51.